The van der Waals surface area contributed by atoms with Gasteiger partial charge < -0.3 is 13.9 Å². The molecular weight excluding hydrogens is 261 g/mol. The first-order chi connectivity index (χ1) is 9.99. The molecule has 0 bridgehead atoms. The van der Waals surface area contributed by atoms with Gasteiger partial charge >= 0.3 is 7.12 Å². The monoisotopic (exact) mass is 285 g/mol. The molecule has 1 saturated heterocycles. The quantitative estimate of drug-likeness (QED) is 0.809. The highest BCUT2D eigenvalue weighted by atomic mass is 16.7. The van der Waals surface area contributed by atoms with Gasteiger partial charge in [0, 0.05) is 18.2 Å². The molecule has 0 saturated carbocycles. The minimum Gasteiger partial charge on any atom is -0.401 e. The molecule has 2 atom stereocenters. The maximum Gasteiger partial charge on any atom is 0.511 e. The maximum absolute atomic E-state index is 6.25. The summed E-state index contributed by atoms with van der Waals surface area (Å²) in [4.78, 5) is 0. The maximum atomic E-state index is 6.25. The van der Waals surface area contributed by atoms with Crippen molar-refractivity contribution >= 4 is 23.6 Å². The van der Waals surface area contributed by atoms with E-state index in [0.29, 0.717) is 11.8 Å². The van der Waals surface area contributed by atoms with Crippen LogP contribution >= 0.6 is 0 Å². The van der Waals surface area contributed by atoms with E-state index in [9.17, 15) is 0 Å². The van der Waals surface area contributed by atoms with Gasteiger partial charge in [0.25, 0.3) is 0 Å². The van der Waals surface area contributed by atoms with E-state index < -0.39 is 0 Å². The second kappa shape index (κ2) is 5.50. The zero-order chi connectivity index (χ0) is 15.1. The minimum atomic E-state index is -0.262. The van der Waals surface area contributed by atoms with E-state index in [4.69, 9.17) is 9.31 Å². The predicted octanol–water partition coefficient (Wildman–Crippen LogP) is 2.97. The second-order valence-electron chi connectivity index (χ2n) is 6.71. The summed E-state index contributed by atoms with van der Waals surface area (Å²) in [5, 5.41) is 1.23. The molecule has 4 heteroatoms. The summed E-state index contributed by atoms with van der Waals surface area (Å²) >= 11 is 0. The van der Waals surface area contributed by atoms with Crippen LogP contribution in [0.15, 0.2) is 30.3 Å². The van der Waals surface area contributed by atoms with Crippen molar-refractivity contribution < 1.29 is 9.31 Å². The van der Waals surface area contributed by atoms with Gasteiger partial charge in [-0.2, -0.15) is 0 Å². The number of nitrogens with zero attached hydrogens (tertiary/aromatic N) is 1. The highest BCUT2D eigenvalue weighted by molar-refractivity contribution is 6.61. The normalized spacial score (nSPS) is 22.9. The molecule has 21 heavy (non-hydrogen) atoms. The Balaban J connectivity index is 1.95. The fourth-order valence-electron chi connectivity index (χ4n) is 3.22. The van der Waals surface area contributed by atoms with Crippen LogP contribution in [0, 0.1) is 11.8 Å². The van der Waals surface area contributed by atoms with E-state index in [-0.39, 0.29) is 19.3 Å². The Labute approximate surface area is 127 Å². The van der Waals surface area contributed by atoms with Crippen LogP contribution in [0.1, 0.15) is 27.7 Å². The lowest BCUT2D eigenvalue weighted by Gasteiger charge is -2.24. The molecular formula is C17H24BNO2. The molecule has 0 spiro atoms. The first kappa shape index (κ1) is 14.7. The van der Waals surface area contributed by atoms with Crippen molar-refractivity contribution in [3.63, 3.8) is 0 Å². The largest absolute Gasteiger partial charge is 0.511 e. The van der Waals surface area contributed by atoms with Crippen LogP contribution in [0.2, 0.25) is 0 Å². The third-order valence-corrected chi connectivity index (χ3v) is 4.43. The summed E-state index contributed by atoms with van der Waals surface area (Å²) in [5.41, 5.74) is 2.32. The number of aryl methyl sites for hydroxylation is 1. The summed E-state index contributed by atoms with van der Waals surface area (Å²) < 4.78 is 14.7. The number of benzene rings is 1. The van der Waals surface area contributed by atoms with Gasteiger partial charge in [-0.3, -0.25) is 0 Å². The highest BCUT2D eigenvalue weighted by Gasteiger charge is 2.44. The Kier molecular flexibility index (Phi) is 3.85. The smallest absolute Gasteiger partial charge is 0.401 e. The first-order valence-corrected chi connectivity index (χ1v) is 7.84. The summed E-state index contributed by atoms with van der Waals surface area (Å²) in [7, 11) is 1.82. The van der Waals surface area contributed by atoms with E-state index in [1.807, 2.05) is 0 Å². The van der Waals surface area contributed by atoms with Gasteiger partial charge in [-0.25, -0.2) is 0 Å². The average Bonchev–Trinajstić information content (AvgIpc) is 3.01. The molecule has 0 radical (unpaired) electrons. The van der Waals surface area contributed by atoms with Crippen molar-refractivity contribution in [2.75, 3.05) is 0 Å². The average molecular weight is 285 g/mol. The number of fused-ring (bicyclic) bond motifs is 1. The predicted molar refractivity (Wildman–Crippen MR) is 87.7 cm³/mol. The second-order valence-corrected chi connectivity index (χ2v) is 6.71. The van der Waals surface area contributed by atoms with Crippen LogP contribution < -0.4 is 5.59 Å². The molecule has 1 aliphatic rings. The molecule has 2 heterocycles. The Morgan fingerprint density at radius 3 is 2.10 bits per heavy atom. The summed E-state index contributed by atoms with van der Waals surface area (Å²) in [6, 6.07) is 10.6. The van der Waals surface area contributed by atoms with Crippen LogP contribution in [0.3, 0.4) is 0 Å². The van der Waals surface area contributed by atoms with E-state index in [2.05, 4.69) is 69.6 Å². The van der Waals surface area contributed by atoms with E-state index in [1.54, 1.807) is 0 Å². The van der Waals surface area contributed by atoms with Crippen LogP contribution in [-0.4, -0.2) is 23.9 Å². The van der Waals surface area contributed by atoms with Gasteiger partial charge in [0.2, 0.25) is 0 Å². The first-order valence-electron chi connectivity index (χ1n) is 7.84. The van der Waals surface area contributed by atoms with Crippen molar-refractivity contribution in [1.29, 1.82) is 0 Å². The van der Waals surface area contributed by atoms with Crippen molar-refractivity contribution in [2.24, 2.45) is 18.9 Å². The van der Waals surface area contributed by atoms with Gasteiger partial charge in [-0.15, -0.1) is 0 Å². The van der Waals surface area contributed by atoms with Crippen LogP contribution in [0.25, 0.3) is 10.9 Å². The number of rotatable bonds is 3. The van der Waals surface area contributed by atoms with Crippen molar-refractivity contribution in [3.05, 3.63) is 30.3 Å². The van der Waals surface area contributed by atoms with Crippen molar-refractivity contribution in [2.45, 2.75) is 39.9 Å². The Morgan fingerprint density at radius 1 is 1.00 bits per heavy atom. The van der Waals surface area contributed by atoms with Crippen molar-refractivity contribution in [3.8, 4) is 0 Å². The molecule has 3 nitrogen and oxygen atoms in total. The topological polar surface area (TPSA) is 23.4 Å². The zero-order valence-corrected chi connectivity index (χ0v) is 13.5. The third-order valence-electron chi connectivity index (χ3n) is 4.43. The van der Waals surface area contributed by atoms with E-state index >= 15 is 0 Å². The lowest BCUT2D eigenvalue weighted by molar-refractivity contribution is 0.0815. The van der Waals surface area contributed by atoms with E-state index in [1.165, 1.54) is 10.9 Å². The van der Waals surface area contributed by atoms with Crippen LogP contribution in [-0.2, 0) is 16.4 Å². The standard InChI is InChI=1S/C17H24BNO2/c1-11(2)16-17(12(3)4)21-18(20-16)15-10-13-8-6-7-9-14(13)19(15)5/h6-12,16-17H,1-5H3. The lowest BCUT2D eigenvalue weighted by atomic mass is 9.84. The Hall–Kier alpha value is -1.26. The number of hydrogen-bond donors (Lipinski definition) is 0. The lowest BCUT2D eigenvalue weighted by Crippen LogP contribution is -2.37. The number of para-hydroxylation sites is 1. The number of hydrogen-bond acceptors (Lipinski definition) is 2. The molecule has 2 unspecified atom stereocenters. The van der Waals surface area contributed by atoms with E-state index in [0.717, 1.165) is 5.59 Å². The van der Waals surface area contributed by atoms with Crippen LogP contribution in [0.4, 0.5) is 0 Å². The van der Waals surface area contributed by atoms with Crippen LogP contribution in [0.5, 0.6) is 0 Å². The van der Waals surface area contributed by atoms with Gasteiger partial charge in [-0.05, 0) is 29.4 Å². The molecule has 2 aromatic rings. The van der Waals surface area contributed by atoms with Gasteiger partial charge in [0.15, 0.2) is 0 Å². The highest BCUT2D eigenvalue weighted by Crippen LogP contribution is 2.28. The molecule has 0 amide bonds. The van der Waals surface area contributed by atoms with Gasteiger partial charge in [-0.1, -0.05) is 45.9 Å². The SMILES string of the molecule is CC(C)C1OB(c2cc3ccccc3n2C)OC1C(C)C. The Morgan fingerprint density at radius 2 is 1.57 bits per heavy atom. The van der Waals surface area contributed by atoms with Gasteiger partial charge in [0.05, 0.1) is 12.2 Å². The van der Waals surface area contributed by atoms with Gasteiger partial charge in [0.1, 0.15) is 0 Å². The molecule has 1 fully saturated rings. The molecule has 0 aliphatic carbocycles. The molecule has 112 valence electrons. The summed E-state index contributed by atoms with van der Waals surface area (Å²) in [5.74, 6) is 0.911. The summed E-state index contributed by atoms with van der Waals surface area (Å²) in [6.45, 7) is 8.81. The Bertz CT molecular complexity index is 619. The number of aromatic nitrogens is 1. The molecule has 1 aromatic heterocycles. The van der Waals surface area contributed by atoms with Crippen molar-refractivity contribution in [1.82, 2.24) is 4.57 Å². The fraction of sp³-hybridized carbons (Fsp3) is 0.529. The molecule has 3 rings (SSSR count). The molecule has 1 aliphatic heterocycles. The molecule has 1 aromatic carbocycles. The third kappa shape index (κ3) is 2.51. The fourth-order valence-corrected chi connectivity index (χ4v) is 3.22. The zero-order valence-electron chi connectivity index (χ0n) is 13.5. The molecule has 0 N–H and O–H groups in total. The minimum absolute atomic E-state index is 0.160. The summed E-state index contributed by atoms with van der Waals surface area (Å²) in [6.07, 6.45) is 0.320.